The summed E-state index contributed by atoms with van der Waals surface area (Å²) in [6, 6.07) is 0.234. The molecule has 0 spiro atoms. The van der Waals surface area contributed by atoms with Gasteiger partial charge in [0.15, 0.2) is 5.69 Å². The normalized spacial score (nSPS) is 21.6. The lowest BCUT2D eigenvalue weighted by atomic mass is 9.89. The van der Waals surface area contributed by atoms with Gasteiger partial charge in [-0.1, -0.05) is 13.8 Å². The molecule has 1 fully saturated rings. The summed E-state index contributed by atoms with van der Waals surface area (Å²) in [6.07, 6.45) is 3.62. The number of hydrogen-bond donors (Lipinski definition) is 2. The summed E-state index contributed by atoms with van der Waals surface area (Å²) in [4.78, 5) is 19.7. The van der Waals surface area contributed by atoms with Crippen LogP contribution in [0.15, 0.2) is 6.20 Å². The zero-order valence-electron chi connectivity index (χ0n) is 12.1. The summed E-state index contributed by atoms with van der Waals surface area (Å²) in [5.74, 6) is -0.376. The molecule has 6 nitrogen and oxygen atoms in total. The van der Waals surface area contributed by atoms with Crippen molar-refractivity contribution in [1.29, 1.82) is 0 Å². The second kappa shape index (κ2) is 6.17. The van der Waals surface area contributed by atoms with Crippen LogP contribution in [0.2, 0.25) is 0 Å². The first-order valence-corrected chi connectivity index (χ1v) is 6.99. The number of ether oxygens (including phenoxy) is 1. The van der Waals surface area contributed by atoms with Gasteiger partial charge in [0.25, 0.3) is 0 Å². The van der Waals surface area contributed by atoms with E-state index in [1.807, 2.05) is 20.8 Å². The number of carbonyl (C=O) groups is 1. The van der Waals surface area contributed by atoms with Crippen molar-refractivity contribution in [1.82, 2.24) is 9.97 Å². The zero-order chi connectivity index (χ0) is 14.7. The van der Waals surface area contributed by atoms with Crippen molar-refractivity contribution >= 4 is 11.7 Å². The van der Waals surface area contributed by atoms with Gasteiger partial charge in [0.05, 0.1) is 18.0 Å². The predicted molar refractivity (Wildman–Crippen MR) is 75.1 cm³/mol. The van der Waals surface area contributed by atoms with Gasteiger partial charge in [0.1, 0.15) is 5.82 Å². The van der Waals surface area contributed by atoms with Crippen molar-refractivity contribution in [2.75, 3.05) is 11.9 Å². The second-order valence-electron chi connectivity index (χ2n) is 5.34. The van der Waals surface area contributed by atoms with Crippen LogP contribution in [0.1, 0.15) is 55.8 Å². The van der Waals surface area contributed by atoms with E-state index in [1.165, 1.54) is 0 Å². The Kier molecular flexibility index (Phi) is 4.54. The molecule has 1 aliphatic carbocycles. The molecule has 1 heterocycles. The van der Waals surface area contributed by atoms with E-state index >= 15 is 0 Å². The summed E-state index contributed by atoms with van der Waals surface area (Å²) < 4.78 is 5.49. The maximum Gasteiger partial charge on any atom is 0.356 e. The van der Waals surface area contributed by atoms with Crippen molar-refractivity contribution in [3.05, 3.63) is 17.7 Å². The van der Waals surface area contributed by atoms with E-state index in [0.717, 1.165) is 12.8 Å². The number of nitrogens with one attached hydrogen (secondary N) is 1. The molecule has 1 saturated carbocycles. The minimum atomic E-state index is -1.03. The predicted octanol–water partition coefficient (Wildman–Crippen LogP) is 2.28. The van der Waals surface area contributed by atoms with E-state index in [2.05, 4.69) is 15.3 Å². The highest BCUT2D eigenvalue weighted by atomic mass is 16.5. The summed E-state index contributed by atoms with van der Waals surface area (Å²) in [7, 11) is 0. The Balaban J connectivity index is 2.06. The summed E-state index contributed by atoms with van der Waals surface area (Å²) in [6.45, 7) is 6.56. The molecule has 1 aromatic heterocycles. The third-order valence-corrected chi connectivity index (χ3v) is 3.38. The van der Waals surface area contributed by atoms with Gasteiger partial charge in [-0.25, -0.2) is 14.8 Å². The largest absolute Gasteiger partial charge is 0.476 e. The summed E-state index contributed by atoms with van der Waals surface area (Å²) in [5.41, 5.74) is 0.533. The number of carboxylic acid groups (broad SMARTS) is 1. The Morgan fingerprint density at radius 2 is 2.25 bits per heavy atom. The molecule has 20 heavy (non-hydrogen) atoms. The quantitative estimate of drug-likeness (QED) is 0.831. The average molecular weight is 279 g/mol. The molecular formula is C14H21N3O3. The maximum atomic E-state index is 11.3. The molecule has 0 atom stereocenters. The molecule has 110 valence electrons. The van der Waals surface area contributed by atoms with Crippen LogP contribution in [-0.4, -0.2) is 39.8 Å². The molecule has 0 saturated heterocycles. The molecule has 0 radical (unpaired) electrons. The number of aromatic nitrogens is 2. The SMILES string of the molecule is CCOC1CC(Nc2cnc(C(C)C)nc2C(=O)O)C1. The molecule has 2 N–H and O–H groups in total. The Labute approximate surface area is 118 Å². The van der Waals surface area contributed by atoms with Crippen molar-refractivity contribution in [2.45, 2.75) is 51.7 Å². The van der Waals surface area contributed by atoms with E-state index in [1.54, 1.807) is 6.20 Å². The molecule has 1 aliphatic rings. The fourth-order valence-corrected chi connectivity index (χ4v) is 2.22. The standard InChI is InChI=1S/C14H21N3O3/c1-4-20-10-5-9(6-10)16-11-7-15-13(8(2)3)17-12(11)14(18)19/h7-10,16H,4-6H2,1-3H3,(H,18,19). The smallest absolute Gasteiger partial charge is 0.356 e. The van der Waals surface area contributed by atoms with E-state index in [0.29, 0.717) is 18.1 Å². The third-order valence-electron chi connectivity index (χ3n) is 3.38. The molecule has 0 aliphatic heterocycles. The number of anilines is 1. The number of aromatic carboxylic acids is 1. The molecule has 0 bridgehead atoms. The minimum Gasteiger partial charge on any atom is -0.476 e. The molecule has 0 amide bonds. The van der Waals surface area contributed by atoms with Gasteiger partial charge in [-0.05, 0) is 19.8 Å². The van der Waals surface area contributed by atoms with Gasteiger partial charge >= 0.3 is 5.97 Å². The van der Waals surface area contributed by atoms with Crippen LogP contribution in [0.3, 0.4) is 0 Å². The van der Waals surface area contributed by atoms with E-state index in [9.17, 15) is 9.90 Å². The lowest BCUT2D eigenvalue weighted by Gasteiger charge is -2.36. The van der Waals surface area contributed by atoms with Gasteiger partial charge in [-0.2, -0.15) is 0 Å². The van der Waals surface area contributed by atoms with Crippen LogP contribution >= 0.6 is 0 Å². The van der Waals surface area contributed by atoms with Crippen LogP contribution in [0, 0.1) is 0 Å². The minimum absolute atomic E-state index is 0.0450. The van der Waals surface area contributed by atoms with Gasteiger partial charge in [0.2, 0.25) is 0 Å². The number of rotatable bonds is 6. The fourth-order valence-electron chi connectivity index (χ4n) is 2.22. The Hall–Kier alpha value is -1.69. The van der Waals surface area contributed by atoms with Gasteiger partial charge in [-0.3, -0.25) is 0 Å². The van der Waals surface area contributed by atoms with E-state index in [4.69, 9.17) is 4.74 Å². The topological polar surface area (TPSA) is 84.3 Å². The number of nitrogens with zero attached hydrogens (tertiary/aromatic N) is 2. The van der Waals surface area contributed by atoms with Gasteiger partial charge < -0.3 is 15.2 Å². The van der Waals surface area contributed by atoms with E-state index in [-0.39, 0.29) is 23.8 Å². The van der Waals surface area contributed by atoms with Crippen LogP contribution < -0.4 is 5.32 Å². The van der Waals surface area contributed by atoms with Crippen molar-refractivity contribution in [3.63, 3.8) is 0 Å². The lowest BCUT2D eigenvalue weighted by molar-refractivity contribution is 0.00297. The maximum absolute atomic E-state index is 11.3. The first-order chi connectivity index (χ1) is 9.51. The van der Waals surface area contributed by atoms with E-state index < -0.39 is 5.97 Å². The van der Waals surface area contributed by atoms with Gasteiger partial charge in [0, 0.05) is 18.6 Å². The van der Waals surface area contributed by atoms with Crippen molar-refractivity contribution < 1.29 is 14.6 Å². The van der Waals surface area contributed by atoms with Gasteiger partial charge in [-0.15, -0.1) is 0 Å². The van der Waals surface area contributed by atoms with Crippen LogP contribution in [-0.2, 0) is 4.74 Å². The highest BCUT2D eigenvalue weighted by molar-refractivity contribution is 5.91. The first kappa shape index (κ1) is 14.7. The van der Waals surface area contributed by atoms with Crippen LogP contribution in [0.5, 0.6) is 0 Å². The fraction of sp³-hybridized carbons (Fsp3) is 0.643. The highest BCUT2D eigenvalue weighted by Crippen LogP contribution is 2.28. The summed E-state index contributed by atoms with van der Waals surface area (Å²) >= 11 is 0. The summed E-state index contributed by atoms with van der Waals surface area (Å²) in [5, 5.41) is 12.5. The number of carboxylic acids is 1. The molecule has 2 rings (SSSR count). The van der Waals surface area contributed by atoms with Crippen LogP contribution in [0.25, 0.3) is 0 Å². The first-order valence-electron chi connectivity index (χ1n) is 6.99. The third kappa shape index (κ3) is 3.25. The Morgan fingerprint density at radius 3 is 2.80 bits per heavy atom. The monoisotopic (exact) mass is 279 g/mol. The molecule has 6 heteroatoms. The molecule has 0 aromatic carbocycles. The number of hydrogen-bond acceptors (Lipinski definition) is 5. The van der Waals surface area contributed by atoms with Crippen LogP contribution in [0.4, 0.5) is 5.69 Å². The second-order valence-corrected chi connectivity index (χ2v) is 5.34. The average Bonchev–Trinajstić information content (AvgIpc) is 2.36. The molecule has 0 unspecified atom stereocenters. The highest BCUT2D eigenvalue weighted by Gasteiger charge is 2.30. The Bertz CT molecular complexity index is 485. The zero-order valence-corrected chi connectivity index (χ0v) is 12.1. The lowest BCUT2D eigenvalue weighted by Crippen LogP contribution is -2.41. The molecular weight excluding hydrogens is 258 g/mol. The molecule has 1 aromatic rings. The van der Waals surface area contributed by atoms with Crippen molar-refractivity contribution in [3.8, 4) is 0 Å². The van der Waals surface area contributed by atoms with Crippen molar-refractivity contribution in [2.24, 2.45) is 0 Å². The Morgan fingerprint density at radius 1 is 1.55 bits per heavy atom.